The van der Waals surface area contributed by atoms with Gasteiger partial charge < -0.3 is 4.90 Å². The second-order valence-electron chi connectivity index (χ2n) is 5.09. The normalized spacial score (nSPS) is 11.0. The van der Waals surface area contributed by atoms with Crippen molar-refractivity contribution in [3.63, 3.8) is 0 Å². The molecule has 2 aromatic heterocycles. The van der Waals surface area contributed by atoms with E-state index in [1.807, 2.05) is 25.5 Å². The number of rotatable bonds is 4. The molecule has 114 valence electrons. The molecule has 1 amide bonds. The van der Waals surface area contributed by atoms with E-state index in [0.717, 1.165) is 23.5 Å². The third-order valence-corrected chi connectivity index (χ3v) is 3.95. The highest BCUT2D eigenvalue weighted by Crippen LogP contribution is 2.19. The Hall–Kier alpha value is -1.82. The van der Waals surface area contributed by atoms with Crippen molar-refractivity contribution in [1.82, 2.24) is 24.5 Å². The number of amides is 1. The van der Waals surface area contributed by atoms with Crippen molar-refractivity contribution in [1.29, 1.82) is 0 Å². The molecule has 0 aliphatic heterocycles. The van der Waals surface area contributed by atoms with Gasteiger partial charge in [0.15, 0.2) is 0 Å². The Bertz CT molecular complexity index is 654. The van der Waals surface area contributed by atoms with Gasteiger partial charge in [0.25, 0.3) is 5.91 Å². The number of hydrogen-bond acceptors (Lipinski definition) is 3. The molecule has 6 nitrogen and oxygen atoms in total. The SMILES string of the molecule is CCn1nc(C)c(CN(C)C(=O)c2c(Cl)cnn2C)c1C. The molecule has 0 bridgehead atoms. The zero-order valence-corrected chi connectivity index (χ0v) is 13.8. The Morgan fingerprint density at radius 1 is 1.43 bits per heavy atom. The van der Waals surface area contributed by atoms with Crippen LogP contribution in [0, 0.1) is 13.8 Å². The van der Waals surface area contributed by atoms with E-state index >= 15 is 0 Å². The zero-order valence-electron chi connectivity index (χ0n) is 13.0. The molecule has 0 aliphatic carbocycles. The first kappa shape index (κ1) is 15.6. The standard InChI is InChI=1S/C14H20ClN5O/c1-6-20-10(3)11(9(2)17-20)8-18(4)14(21)13-12(15)7-16-19(13)5/h7H,6,8H2,1-5H3. The summed E-state index contributed by atoms with van der Waals surface area (Å²) in [6.07, 6.45) is 1.48. The largest absolute Gasteiger partial charge is 0.336 e. The summed E-state index contributed by atoms with van der Waals surface area (Å²) in [6.45, 7) is 7.35. The Morgan fingerprint density at radius 3 is 2.57 bits per heavy atom. The van der Waals surface area contributed by atoms with Crippen LogP contribution in [0.4, 0.5) is 0 Å². The van der Waals surface area contributed by atoms with E-state index in [0.29, 0.717) is 17.3 Å². The molecule has 2 aromatic rings. The molecule has 0 N–H and O–H groups in total. The molecule has 0 fully saturated rings. The zero-order chi connectivity index (χ0) is 15.7. The van der Waals surface area contributed by atoms with Crippen molar-refractivity contribution < 1.29 is 4.79 Å². The van der Waals surface area contributed by atoms with E-state index in [2.05, 4.69) is 10.2 Å². The highest BCUT2D eigenvalue weighted by Gasteiger charge is 2.21. The molecule has 0 atom stereocenters. The van der Waals surface area contributed by atoms with Gasteiger partial charge in [-0.1, -0.05) is 11.6 Å². The predicted molar refractivity (Wildman–Crippen MR) is 81.4 cm³/mol. The lowest BCUT2D eigenvalue weighted by molar-refractivity contribution is 0.0774. The minimum absolute atomic E-state index is 0.150. The van der Waals surface area contributed by atoms with E-state index < -0.39 is 0 Å². The Kier molecular flexibility index (Phi) is 4.37. The third kappa shape index (κ3) is 2.81. The van der Waals surface area contributed by atoms with Gasteiger partial charge >= 0.3 is 0 Å². The molecule has 0 radical (unpaired) electrons. The average molecular weight is 310 g/mol. The van der Waals surface area contributed by atoms with Crippen LogP contribution in [0.5, 0.6) is 0 Å². The van der Waals surface area contributed by atoms with Gasteiger partial charge in [0.05, 0.1) is 16.9 Å². The smallest absolute Gasteiger partial charge is 0.273 e. The highest BCUT2D eigenvalue weighted by molar-refractivity contribution is 6.33. The molecular weight excluding hydrogens is 290 g/mol. The molecule has 0 aliphatic rings. The maximum absolute atomic E-state index is 12.5. The first-order valence-corrected chi connectivity index (χ1v) is 7.20. The van der Waals surface area contributed by atoms with Crippen LogP contribution in [0.3, 0.4) is 0 Å². The van der Waals surface area contributed by atoms with Crippen molar-refractivity contribution in [2.45, 2.75) is 33.9 Å². The van der Waals surface area contributed by atoms with Gasteiger partial charge in [-0.3, -0.25) is 14.2 Å². The fourth-order valence-corrected chi connectivity index (χ4v) is 2.66. The van der Waals surface area contributed by atoms with Crippen molar-refractivity contribution in [2.24, 2.45) is 7.05 Å². The number of halogens is 1. The Morgan fingerprint density at radius 2 is 2.10 bits per heavy atom. The number of hydrogen-bond donors (Lipinski definition) is 0. The lowest BCUT2D eigenvalue weighted by Crippen LogP contribution is -2.28. The Balaban J connectivity index is 2.24. The molecule has 2 rings (SSSR count). The maximum Gasteiger partial charge on any atom is 0.273 e. The second kappa shape index (κ2) is 5.89. The van der Waals surface area contributed by atoms with Gasteiger partial charge in [-0.2, -0.15) is 10.2 Å². The van der Waals surface area contributed by atoms with E-state index in [4.69, 9.17) is 11.6 Å². The van der Waals surface area contributed by atoms with Gasteiger partial charge in [0.2, 0.25) is 0 Å². The summed E-state index contributed by atoms with van der Waals surface area (Å²) in [5, 5.41) is 8.84. The summed E-state index contributed by atoms with van der Waals surface area (Å²) in [6, 6.07) is 0. The summed E-state index contributed by atoms with van der Waals surface area (Å²) < 4.78 is 3.44. The second-order valence-corrected chi connectivity index (χ2v) is 5.50. The molecule has 0 spiro atoms. The molecule has 0 unspecified atom stereocenters. The van der Waals surface area contributed by atoms with E-state index in [1.54, 1.807) is 19.0 Å². The summed E-state index contributed by atoms with van der Waals surface area (Å²) in [5.41, 5.74) is 3.51. The van der Waals surface area contributed by atoms with Crippen LogP contribution in [0.25, 0.3) is 0 Å². The van der Waals surface area contributed by atoms with Crippen molar-refractivity contribution >= 4 is 17.5 Å². The molecule has 7 heteroatoms. The van der Waals surface area contributed by atoms with Crippen LogP contribution in [0.2, 0.25) is 5.02 Å². The summed E-state index contributed by atoms with van der Waals surface area (Å²) in [4.78, 5) is 14.1. The summed E-state index contributed by atoms with van der Waals surface area (Å²) in [7, 11) is 3.46. The average Bonchev–Trinajstić information content (AvgIpc) is 2.91. The number of carbonyl (C=O) groups excluding carboxylic acids is 1. The number of aryl methyl sites for hydroxylation is 3. The van der Waals surface area contributed by atoms with Crippen LogP contribution in [0.1, 0.15) is 34.4 Å². The van der Waals surface area contributed by atoms with E-state index in [9.17, 15) is 4.79 Å². The van der Waals surface area contributed by atoms with Crippen LogP contribution in [-0.2, 0) is 20.1 Å². The first-order valence-electron chi connectivity index (χ1n) is 6.82. The quantitative estimate of drug-likeness (QED) is 0.870. The van der Waals surface area contributed by atoms with Gasteiger partial charge in [0, 0.05) is 38.4 Å². The Labute approximate surface area is 129 Å². The minimum Gasteiger partial charge on any atom is -0.336 e. The van der Waals surface area contributed by atoms with Crippen molar-refractivity contribution in [2.75, 3.05) is 7.05 Å². The predicted octanol–water partition coefficient (Wildman–Crippen LogP) is 2.18. The molecular formula is C14H20ClN5O. The van der Waals surface area contributed by atoms with Crippen LogP contribution < -0.4 is 0 Å². The monoisotopic (exact) mass is 309 g/mol. The van der Waals surface area contributed by atoms with Gasteiger partial charge in [-0.05, 0) is 20.8 Å². The fraction of sp³-hybridized carbons (Fsp3) is 0.500. The topological polar surface area (TPSA) is 56.0 Å². The molecule has 2 heterocycles. The fourth-order valence-electron chi connectivity index (χ4n) is 2.41. The van der Waals surface area contributed by atoms with Crippen molar-refractivity contribution in [3.8, 4) is 0 Å². The van der Waals surface area contributed by atoms with Gasteiger partial charge in [0.1, 0.15) is 5.69 Å². The molecule has 0 saturated carbocycles. The number of nitrogens with zero attached hydrogens (tertiary/aromatic N) is 5. The third-order valence-electron chi connectivity index (χ3n) is 3.67. The number of aromatic nitrogens is 4. The molecule has 21 heavy (non-hydrogen) atoms. The molecule has 0 saturated heterocycles. The summed E-state index contributed by atoms with van der Waals surface area (Å²) >= 11 is 6.03. The van der Waals surface area contributed by atoms with Crippen LogP contribution in [0.15, 0.2) is 6.20 Å². The van der Waals surface area contributed by atoms with Gasteiger partial charge in [-0.15, -0.1) is 0 Å². The van der Waals surface area contributed by atoms with E-state index in [1.165, 1.54) is 10.9 Å². The summed E-state index contributed by atoms with van der Waals surface area (Å²) in [5.74, 6) is -0.150. The number of carbonyl (C=O) groups is 1. The van der Waals surface area contributed by atoms with Crippen molar-refractivity contribution in [3.05, 3.63) is 33.9 Å². The minimum atomic E-state index is -0.150. The lowest BCUT2D eigenvalue weighted by atomic mass is 10.2. The molecule has 0 aromatic carbocycles. The van der Waals surface area contributed by atoms with Gasteiger partial charge in [-0.25, -0.2) is 0 Å². The highest BCUT2D eigenvalue weighted by atomic mass is 35.5. The first-order chi connectivity index (χ1) is 9.86. The van der Waals surface area contributed by atoms with E-state index in [-0.39, 0.29) is 5.91 Å². The van der Waals surface area contributed by atoms with Crippen LogP contribution >= 0.6 is 11.6 Å². The lowest BCUT2D eigenvalue weighted by Gasteiger charge is -2.18. The maximum atomic E-state index is 12.5. The van der Waals surface area contributed by atoms with Crippen LogP contribution in [-0.4, -0.2) is 37.4 Å².